The first kappa shape index (κ1) is 15.6. The smallest absolute Gasteiger partial charge is 0.269 e. The lowest BCUT2D eigenvalue weighted by atomic mass is 10.1. The lowest BCUT2D eigenvalue weighted by molar-refractivity contribution is -0.384. The van der Waals surface area contributed by atoms with Crippen LogP contribution in [0.15, 0.2) is 28.7 Å². The molecule has 2 heterocycles. The number of nitro groups is 1. The lowest BCUT2D eigenvalue weighted by Gasteiger charge is -2.20. The topological polar surface area (TPSA) is 106 Å². The minimum absolute atomic E-state index is 0.0222. The highest BCUT2D eigenvalue weighted by Crippen LogP contribution is 2.28. The summed E-state index contributed by atoms with van der Waals surface area (Å²) in [5.74, 6) is 1.16. The second-order valence-corrected chi connectivity index (χ2v) is 5.76. The van der Waals surface area contributed by atoms with Crippen LogP contribution in [0.3, 0.4) is 0 Å². The molecule has 8 heteroatoms. The average molecular weight is 318 g/mol. The maximum Gasteiger partial charge on any atom is 0.269 e. The first-order valence-corrected chi connectivity index (χ1v) is 7.51. The Morgan fingerprint density at radius 1 is 1.43 bits per heavy atom. The summed E-state index contributed by atoms with van der Waals surface area (Å²) in [6, 6.07) is 5.99. The molecule has 1 aliphatic rings. The average Bonchev–Trinajstić information content (AvgIpc) is 3.23. The summed E-state index contributed by atoms with van der Waals surface area (Å²) in [4.78, 5) is 12.4. The maximum absolute atomic E-state index is 10.7. The third-order valence-corrected chi connectivity index (χ3v) is 4.25. The molecule has 122 valence electrons. The zero-order chi connectivity index (χ0) is 16.4. The van der Waals surface area contributed by atoms with Crippen LogP contribution in [-0.2, 0) is 0 Å². The fourth-order valence-electron chi connectivity index (χ4n) is 2.77. The van der Waals surface area contributed by atoms with E-state index in [4.69, 9.17) is 4.42 Å². The zero-order valence-electron chi connectivity index (χ0n) is 12.8. The first-order chi connectivity index (χ1) is 11.1. The number of rotatable bonds is 5. The number of aliphatic hydroxyl groups excluding tert-OH is 1. The van der Waals surface area contributed by atoms with Crippen molar-refractivity contribution < 1.29 is 14.4 Å². The van der Waals surface area contributed by atoms with Gasteiger partial charge in [0, 0.05) is 30.8 Å². The summed E-state index contributed by atoms with van der Waals surface area (Å²) in [6.07, 6.45) is 0.962. The molecular formula is C15H18N4O4. The molecule has 1 aromatic carbocycles. The molecule has 1 aliphatic heterocycles. The second-order valence-electron chi connectivity index (χ2n) is 5.76. The molecule has 0 amide bonds. The number of hydrogen-bond acceptors (Lipinski definition) is 7. The molecule has 1 fully saturated rings. The van der Waals surface area contributed by atoms with Gasteiger partial charge in [0.2, 0.25) is 11.8 Å². The monoisotopic (exact) mass is 318 g/mol. The van der Waals surface area contributed by atoms with E-state index in [-0.39, 0.29) is 18.3 Å². The molecule has 0 bridgehead atoms. The number of hydrogen-bond donors (Lipinski definition) is 1. The van der Waals surface area contributed by atoms with E-state index in [9.17, 15) is 15.2 Å². The highest BCUT2D eigenvalue weighted by molar-refractivity contribution is 5.55. The molecule has 2 unspecified atom stereocenters. The number of likely N-dealkylation sites (tertiary alicyclic amines) is 1. The Labute approximate surface area is 132 Å². The van der Waals surface area contributed by atoms with Gasteiger partial charge in [-0.2, -0.15) is 0 Å². The van der Waals surface area contributed by atoms with Crippen LogP contribution >= 0.6 is 0 Å². The van der Waals surface area contributed by atoms with Crippen LogP contribution in [0.25, 0.3) is 11.5 Å². The second kappa shape index (κ2) is 6.43. The SMILES string of the molecule is CC(c1nnc(-c2ccc([N+](=O)[O-])cc2)o1)N1CCC(CO)C1. The van der Waals surface area contributed by atoms with E-state index in [1.165, 1.54) is 12.1 Å². The summed E-state index contributed by atoms with van der Waals surface area (Å²) in [5.41, 5.74) is 0.671. The van der Waals surface area contributed by atoms with E-state index >= 15 is 0 Å². The number of aliphatic hydroxyl groups is 1. The Morgan fingerprint density at radius 3 is 2.78 bits per heavy atom. The van der Waals surface area contributed by atoms with Crippen molar-refractivity contribution in [3.05, 3.63) is 40.3 Å². The van der Waals surface area contributed by atoms with E-state index in [2.05, 4.69) is 15.1 Å². The molecule has 2 atom stereocenters. The van der Waals surface area contributed by atoms with E-state index in [0.29, 0.717) is 23.3 Å². The number of nitrogens with zero attached hydrogens (tertiary/aromatic N) is 4. The van der Waals surface area contributed by atoms with Crippen molar-refractivity contribution in [3.8, 4) is 11.5 Å². The molecule has 3 rings (SSSR count). The Hall–Kier alpha value is -2.32. The normalized spacial score (nSPS) is 19.8. The van der Waals surface area contributed by atoms with Gasteiger partial charge in [-0.1, -0.05) is 0 Å². The number of non-ortho nitro benzene ring substituents is 1. The third kappa shape index (κ3) is 3.22. The molecule has 1 aromatic heterocycles. The molecule has 23 heavy (non-hydrogen) atoms. The van der Waals surface area contributed by atoms with Crippen molar-refractivity contribution >= 4 is 5.69 Å². The van der Waals surface area contributed by atoms with Gasteiger partial charge in [-0.05, 0) is 37.9 Å². The van der Waals surface area contributed by atoms with E-state index in [1.807, 2.05) is 6.92 Å². The van der Waals surface area contributed by atoms with Crippen molar-refractivity contribution in [2.24, 2.45) is 5.92 Å². The van der Waals surface area contributed by atoms with Gasteiger partial charge in [0.05, 0.1) is 11.0 Å². The number of aromatic nitrogens is 2. The van der Waals surface area contributed by atoms with Crippen LogP contribution in [0.5, 0.6) is 0 Å². The Morgan fingerprint density at radius 2 is 2.17 bits per heavy atom. The minimum atomic E-state index is -0.448. The molecule has 0 aliphatic carbocycles. The van der Waals surface area contributed by atoms with Gasteiger partial charge in [-0.15, -0.1) is 10.2 Å². The summed E-state index contributed by atoms with van der Waals surface area (Å²) >= 11 is 0. The predicted molar refractivity (Wildman–Crippen MR) is 81.6 cm³/mol. The van der Waals surface area contributed by atoms with Gasteiger partial charge in [0.1, 0.15) is 0 Å². The van der Waals surface area contributed by atoms with Gasteiger partial charge in [0.15, 0.2) is 0 Å². The van der Waals surface area contributed by atoms with E-state index in [0.717, 1.165) is 19.5 Å². The summed E-state index contributed by atoms with van der Waals surface area (Å²) in [7, 11) is 0. The quantitative estimate of drug-likeness (QED) is 0.664. The highest BCUT2D eigenvalue weighted by atomic mass is 16.6. The Bertz CT molecular complexity index is 685. The standard InChI is InChI=1S/C15H18N4O4/c1-10(18-7-6-11(8-18)9-20)14-16-17-15(23-14)12-2-4-13(5-3-12)19(21)22/h2-5,10-11,20H,6-9H2,1H3. The van der Waals surface area contributed by atoms with Gasteiger partial charge in [-0.3, -0.25) is 15.0 Å². The minimum Gasteiger partial charge on any atom is -0.419 e. The molecular weight excluding hydrogens is 300 g/mol. The van der Waals surface area contributed by atoms with Crippen molar-refractivity contribution in [2.75, 3.05) is 19.7 Å². The van der Waals surface area contributed by atoms with Crippen LogP contribution in [-0.4, -0.2) is 44.8 Å². The summed E-state index contributed by atoms with van der Waals surface area (Å²) < 4.78 is 5.72. The Kier molecular flexibility index (Phi) is 4.35. The van der Waals surface area contributed by atoms with Crippen molar-refractivity contribution in [2.45, 2.75) is 19.4 Å². The fraction of sp³-hybridized carbons (Fsp3) is 0.467. The highest BCUT2D eigenvalue weighted by Gasteiger charge is 2.29. The number of benzene rings is 1. The van der Waals surface area contributed by atoms with Gasteiger partial charge in [0.25, 0.3) is 5.69 Å². The predicted octanol–water partition coefficient (Wildman–Crippen LogP) is 2.02. The maximum atomic E-state index is 10.7. The van der Waals surface area contributed by atoms with Crippen LogP contribution < -0.4 is 0 Å². The Balaban J connectivity index is 1.73. The van der Waals surface area contributed by atoms with Crippen LogP contribution in [0, 0.1) is 16.0 Å². The first-order valence-electron chi connectivity index (χ1n) is 7.51. The fourth-order valence-corrected chi connectivity index (χ4v) is 2.77. The van der Waals surface area contributed by atoms with Crippen molar-refractivity contribution in [3.63, 3.8) is 0 Å². The van der Waals surface area contributed by atoms with Crippen LogP contribution in [0.2, 0.25) is 0 Å². The lowest BCUT2D eigenvalue weighted by Crippen LogP contribution is -2.25. The van der Waals surface area contributed by atoms with E-state index < -0.39 is 4.92 Å². The van der Waals surface area contributed by atoms with Gasteiger partial charge >= 0.3 is 0 Å². The van der Waals surface area contributed by atoms with Crippen LogP contribution in [0.1, 0.15) is 25.3 Å². The molecule has 0 radical (unpaired) electrons. The molecule has 1 N–H and O–H groups in total. The molecule has 0 spiro atoms. The van der Waals surface area contributed by atoms with Crippen molar-refractivity contribution in [1.29, 1.82) is 0 Å². The summed E-state index contributed by atoms with van der Waals surface area (Å²) in [6.45, 7) is 3.89. The largest absolute Gasteiger partial charge is 0.419 e. The van der Waals surface area contributed by atoms with Crippen LogP contribution in [0.4, 0.5) is 5.69 Å². The molecule has 8 nitrogen and oxygen atoms in total. The summed E-state index contributed by atoms with van der Waals surface area (Å²) in [5, 5.41) is 28.0. The third-order valence-electron chi connectivity index (χ3n) is 4.25. The van der Waals surface area contributed by atoms with Gasteiger partial charge in [-0.25, -0.2) is 0 Å². The molecule has 0 saturated carbocycles. The zero-order valence-corrected chi connectivity index (χ0v) is 12.8. The molecule has 1 saturated heterocycles. The molecule has 2 aromatic rings. The van der Waals surface area contributed by atoms with Crippen molar-refractivity contribution in [1.82, 2.24) is 15.1 Å². The number of nitro benzene ring substituents is 1. The van der Waals surface area contributed by atoms with Gasteiger partial charge < -0.3 is 9.52 Å². The van der Waals surface area contributed by atoms with E-state index in [1.54, 1.807) is 12.1 Å².